The first kappa shape index (κ1) is 42.2. The van der Waals surface area contributed by atoms with Crippen LogP contribution in [0.15, 0.2) is 152 Å². The van der Waals surface area contributed by atoms with Gasteiger partial charge in [-0.05, 0) is 211 Å². The summed E-state index contributed by atoms with van der Waals surface area (Å²) in [6.07, 6.45) is 10.7. The lowest BCUT2D eigenvalue weighted by Crippen LogP contribution is -2.73. The average molecular weight is 900 g/mol. The molecule has 6 unspecified atom stereocenters. The van der Waals surface area contributed by atoms with Crippen LogP contribution in [0.5, 0.6) is 0 Å². The van der Waals surface area contributed by atoms with Crippen molar-refractivity contribution in [3.05, 3.63) is 185 Å². The van der Waals surface area contributed by atoms with Crippen molar-refractivity contribution in [1.82, 2.24) is 0 Å². The molecule has 0 saturated heterocycles. The zero-order chi connectivity index (χ0) is 47.0. The van der Waals surface area contributed by atoms with Gasteiger partial charge in [0.1, 0.15) is 0 Å². The van der Waals surface area contributed by atoms with Gasteiger partial charge >= 0.3 is 0 Å². The van der Waals surface area contributed by atoms with E-state index in [1.807, 2.05) is 0 Å². The van der Waals surface area contributed by atoms with Gasteiger partial charge in [-0.1, -0.05) is 171 Å². The molecule has 0 heterocycles. The summed E-state index contributed by atoms with van der Waals surface area (Å²) in [4.78, 5) is 2.58. The van der Waals surface area contributed by atoms with Crippen LogP contribution in [0.4, 0.5) is 17.1 Å². The van der Waals surface area contributed by atoms with Gasteiger partial charge in [0.05, 0.1) is 5.69 Å². The highest BCUT2D eigenvalue weighted by atomic mass is 15.1. The standard InChI is InChI=1S/C68H69N/c1-63(2)30-32-65(5,6)58-36-46(22-28-55(58)63)43-18-24-49(25-19-43)69(50-26-20-44(21-27-50)47-23-29-56-59(37-47)66(7,8)33-31-64(56,3)4)60-40-53-51-16-12-13-17-54(51)68(57(53)39-52(60)45-14-10-9-11-15-45)61-35-42-34-48-38-62(68)67(48,61)41-42/h9-29,36-37,39-40,42,48,61-62H,30-35,38,41H2,1-8H3. The first-order valence-electron chi connectivity index (χ1n) is 26.8. The Morgan fingerprint density at radius 2 is 0.884 bits per heavy atom. The van der Waals surface area contributed by atoms with Crippen LogP contribution in [0.25, 0.3) is 44.5 Å². The minimum Gasteiger partial charge on any atom is -0.310 e. The zero-order valence-electron chi connectivity index (χ0n) is 42.3. The summed E-state index contributed by atoms with van der Waals surface area (Å²) in [7, 11) is 0. The maximum absolute atomic E-state index is 2.70. The molecule has 0 amide bonds. The molecule has 1 heteroatoms. The number of fused-ring (bicyclic) bond motifs is 10. The van der Waals surface area contributed by atoms with E-state index in [-0.39, 0.29) is 27.1 Å². The van der Waals surface area contributed by atoms with Crippen molar-refractivity contribution in [3.8, 4) is 44.5 Å². The molecule has 0 N–H and O–H groups in total. The predicted octanol–water partition coefficient (Wildman–Crippen LogP) is 18.2. The maximum Gasteiger partial charge on any atom is 0.0546 e. The lowest BCUT2D eigenvalue weighted by molar-refractivity contribution is -0.231. The molecule has 0 aliphatic heterocycles. The Labute approximate surface area is 412 Å². The van der Waals surface area contributed by atoms with E-state index in [2.05, 4.69) is 212 Å². The molecule has 7 aliphatic carbocycles. The highest BCUT2D eigenvalue weighted by Gasteiger charge is 2.84. The van der Waals surface area contributed by atoms with Crippen molar-refractivity contribution < 1.29 is 0 Å². The van der Waals surface area contributed by atoms with E-state index in [1.54, 1.807) is 11.1 Å². The summed E-state index contributed by atoms with van der Waals surface area (Å²) in [6.45, 7) is 19.5. The zero-order valence-corrected chi connectivity index (χ0v) is 42.3. The molecule has 1 nitrogen and oxygen atoms in total. The molecule has 14 rings (SSSR count). The maximum atomic E-state index is 2.70. The summed E-state index contributed by atoms with van der Waals surface area (Å²) < 4.78 is 0. The minimum absolute atomic E-state index is 0.130. The van der Waals surface area contributed by atoms with Gasteiger partial charge in [-0.25, -0.2) is 0 Å². The fourth-order valence-electron chi connectivity index (χ4n) is 17.0. The molecular weight excluding hydrogens is 831 g/mol. The lowest BCUT2D eigenvalue weighted by atomic mass is 9.27. The smallest absolute Gasteiger partial charge is 0.0546 e. The Morgan fingerprint density at radius 1 is 0.377 bits per heavy atom. The third kappa shape index (κ3) is 5.66. The van der Waals surface area contributed by atoms with Gasteiger partial charge in [0.25, 0.3) is 0 Å². The van der Waals surface area contributed by atoms with Crippen LogP contribution in [0.3, 0.4) is 0 Å². The van der Waals surface area contributed by atoms with Crippen molar-refractivity contribution >= 4 is 17.1 Å². The van der Waals surface area contributed by atoms with Crippen LogP contribution in [0.1, 0.15) is 140 Å². The van der Waals surface area contributed by atoms with E-state index < -0.39 is 0 Å². The SMILES string of the molecule is CC1(C)CCC(C)(C)c2cc(-c3ccc(N(c4ccc(-c5ccc6c(c5)C(C)(C)CCC6(C)C)cc4)c4cc5c(cc4-c4ccccc4)C4(c6ccccc6-5)C5CC6CC7CC4C75C6)cc3)ccc21. The summed E-state index contributed by atoms with van der Waals surface area (Å²) in [6, 6.07) is 60.0. The first-order valence-corrected chi connectivity index (χ1v) is 26.8. The van der Waals surface area contributed by atoms with Crippen molar-refractivity contribution in [2.75, 3.05) is 4.90 Å². The summed E-state index contributed by atoms with van der Waals surface area (Å²) in [5.74, 6) is 3.41. The van der Waals surface area contributed by atoms with Crippen LogP contribution in [-0.2, 0) is 27.1 Å². The van der Waals surface area contributed by atoms with Crippen molar-refractivity contribution in [3.63, 3.8) is 0 Å². The number of anilines is 3. The van der Waals surface area contributed by atoms with Crippen molar-refractivity contribution in [2.24, 2.45) is 29.1 Å². The molecule has 0 aromatic heterocycles. The Bertz CT molecular complexity index is 3130. The van der Waals surface area contributed by atoms with Crippen LogP contribution in [-0.4, -0.2) is 0 Å². The van der Waals surface area contributed by atoms with Gasteiger partial charge in [0.15, 0.2) is 0 Å². The second-order valence-corrected chi connectivity index (χ2v) is 25.9. The van der Waals surface area contributed by atoms with E-state index in [0.717, 1.165) is 23.7 Å². The molecular formula is C68H69N. The largest absolute Gasteiger partial charge is 0.310 e. The summed E-state index contributed by atoms with van der Waals surface area (Å²) in [5.41, 5.74) is 25.0. The normalized spacial score (nSPS) is 28.1. The number of nitrogens with zero attached hydrogens (tertiary/aromatic N) is 1. The molecule has 69 heavy (non-hydrogen) atoms. The van der Waals surface area contributed by atoms with Crippen LogP contribution in [0, 0.1) is 29.1 Å². The molecule has 7 aromatic carbocycles. The fourth-order valence-corrected chi connectivity index (χ4v) is 17.0. The second-order valence-electron chi connectivity index (χ2n) is 25.9. The Morgan fingerprint density at radius 3 is 1.45 bits per heavy atom. The quantitative estimate of drug-likeness (QED) is 0.161. The first-order chi connectivity index (χ1) is 33.1. The van der Waals surface area contributed by atoms with Crippen molar-refractivity contribution in [2.45, 2.75) is 134 Å². The number of rotatable bonds is 6. The Kier molecular flexibility index (Phi) is 8.58. The second kappa shape index (κ2) is 14.0. The monoisotopic (exact) mass is 900 g/mol. The van der Waals surface area contributed by atoms with Crippen LogP contribution in [0.2, 0.25) is 0 Å². The van der Waals surface area contributed by atoms with Gasteiger partial charge in [0, 0.05) is 22.4 Å². The average Bonchev–Trinajstić information content (AvgIpc) is 3.99. The van der Waals surface area contributed by atoms with E-state index in [0.29, 0.717) is 5.41 Å². The van der Waals surface area contributed by atoms with E-state index in [9.17, 15) is 0 Å². The Hall–Kier alpha value is -5.66. The highest BCUT2D eigenvalue weighted by Crippen LogP contribution is 2.89. The molecule has 2 spiro atoms. The molecule has 346 valence electrons. The number of benzene rings is 7. The van der Waals surface area contributed by atoms with Gasteiger partial charge < -0.3 is 4.90 Å². The molecule has 7 aliphatic rings. The third-order valence-corrected chi connectivity index (χ3v) is 20.7. The molecule has 0 radical (unpaired) electrons. The van der Waals surface area contributed by atoms with Gasteiger partial charge in [-0.3, -0.25) is 0 Å². The molecule has 4 fully saturated rings. The topological polar surface area (TPSA) is 3.24 Å². The third-order valence-electron chi connectivity index (χ3n) is 20.7. The fraction of sp³-hybridized carbons (Fsp3) is 0.382. The minimum atomic E-state index is 0.130. The molecule has 2 bridgehead atoms. The Balaban J connectivity index is 0.939. The summed E-state index contributed by atoms with van der Waals surface area (Å²) in [5, 5.41) is 0. The molecule has 4 saturated carbocycles. The molecule has 7 aromatic rings. The van der Waals surface area contributed by atoms with Gasteiger partial charge in [0.2, 0.25) is 0 Å². The van der Waals surface area contributed by atoms with Gasteiger partial charge in [-0.2, -0.15) is 0 Å². The number of hydrogen-bond acceptors (Lipinski definition) is 1. The lowest BCUT2D eigenvalue weighted by Gasteiger charge is -2.76. The summed E-state index contributed by atoms with van der Waals surface area (Å²) >= 11 is 0. The van der Waals surface area contributed by atoms with E-state index in [1.165, 1.54) is 135 Å². The van der Waals surface area contributed by atoms with E-state index in [4.69, 9.17) is 0 Å². The number of hydrogen-bond donors (Lipinski definition) is 0. The highest BCUT2D eigenvalue weighted by molar-refractivity contribution is 5.96. The van der Waals surface area contributed by atoms with Gasteiger partial charge in [-0.15, -0.1) is 0 Å². The van der Waals surface area contributed by atoms with E-state index >= 15 is 0 Å². The predicted molar refractivity (Wildman–Crippen MR) is 289 cm³/mol. The van der Waals surface area contributed by atoms with Crippen LogP contribution < -0.4 is 4.90 Å². The van der Waals surface area contributed by atoms with Crippen molar-refractivity contribution in [1.29, 1.82) is 0 Å². The molecule has 6 atom stereocenters. The van der Waals surface area contributed by atoms with Crippen LogP contribution >= 0.6 is 0 Å².